The van der Waals surface area contributed by atoms with Crippen LogP contribution >= 0.6 is 0 Å². The average Bonchev–Trinajstić information content (AvgIpc) is 3.24. The van der Waals surface area contributed by atoms with Crippen LogP contribution in [0.1, 0.15) is 21.7 Å². The highest BCUT2D eigenvalue weighted by Crippen LogP contribution is 2.31. The number of alkyl halides is 3. The Balaban J connectivity index is 1.73. The Hall–Kier alpha value is -4.28. The number of hydrogen-bond acceptors (Lipinski definition) is 4. The van der Waals surface area contributed by atoms with Crippen molar-refractivity contribution in [2.75, 3.05) is 19.4 Å². The summed E-state index contributed by atoms with van der Waals surface area (Å²) in [5.41, 5.74) is -1.69. The first-order valence-electron chi connectivity index (χ1n) is 9.94. The molecule has 0 unspecified atom stereocenters. The van der Waals surface area contributed by atoms with E-state index < -0.39 is 29.3 Å². The summed E-state index contributed by atoms with van der Waals surface area (Å²) in [6.45, 7) is 0. The van der Waals surface area contributed by atoms with Gasteiger partial charge < -0.3 is 10.2 Å². The Morgan fingerprint density at radius 3 is 2.32 bits per heavy atom. The number of rotatable bonds is 4. The van der Waals surface area contributed by atoms with Gasteiger partial charge in [-0.15, -0.1) is 0 Å². The second-order valence-corrected chi connectivity index (χ2v) is 7.60. The fourth-order valence-corrected chi connectivity index (χ4v) is 3.27. The summed E-state index contributed by atoms with van der Waals surface area (Å²) in [5.74, 6) is -1.57. The van der Waals surface area contributed by atoms with Crippen molar-refractivity contribution >= 4 is 28.3 Å². The third-order valence-electron chi connectivity index (χ3n) is 5.00. The molecule has 2 aromatic carbocycles. The van der Waals surface area contributed by atoms with Gasteiger partial charge in [-0.3, -0.25) is 10.2 Å². The monoisotopic (exact) mass is 470 g/mol. The lowest BCUT2D eigenvalue weighted by Gasteiger charge is -2.13. The standard InChI is InChI=1S/C23H18F4N6O/c1-32(2)21(28)15-7-8-20(29-12-15)30-22(34)18-11-19(23(25,26)27)31-33(18)17-10-14-6-4-3-5-13(14)9-16(17)24/h3-12,28H,1-2H3,(H,29,30,34). The molecule has 7 nitrogen and oxygen atoms in total. The number of benzene rings is 2. The largest absolute Gasteiger partial charge is 0.435 e. The normalized spacial score (nSPS) is 11.5. The van der Waals surface area contributed by atoms with Crippen molar-refractivity contribution in [2.45, 2.75) is 6.18 Å². The van der Waals surface area contributed by atoms with Crippen molar-refractivity contribution in [3.05, 3.63) is 83.6 Å². The first-order chi connectivity index (χ1) is 16.0. The van der Waals surface area contributed by atoms with Gasteiger partial charge in [0, 0.05) is 31.9 Å². The summed E-state index contributed by atoms with van der Waals surface area (Å²) in [6, 6.07) is 12.7. The van der Waals surface area contributed by atoms with Crippen LogP contribution in [0.3, 0.4) is 0 Å². The SMILES string of the molecule is CN(C)C(=N)c1ccc(NC(=O)c2cc(C(F)(F)F)nn2-c2cc3ccccc3cc2F)nc1. The molecule has 0 aliphatic rings. The fourth-order valence-electron chi connectivity index (χ4n) is 3.27. The average molecular weight is 470 g/mol. The van der Waals surface area contributed by atoms with Gasteiger partial charge in [-0.05, 0) is 35.0 Å². The first-order valence-corrected chi connectivity index (χ1v) is 9.94. The summed E-state index contributed by atoms with van der Waals surface area (Å²) in [7, 11) is 3.37. The van der Waals surface area contributed by atoms with Crippen LogP contribution < -0.4 is 5.32 Å². The molecule has 2 heterocycles. The summed E-state index contributed by atoms with van der Waals surface area (Å²) < 4.78 is 55.7. The Bertz CT molecular complexity index is 1390. The van der Waals surface area contributed by atoms with E-state index in [4.69, 9.17) is 5.41 Å². The molecule has 0 fully saturated rings. The number of halogens is 4. The minimum atomic E-state index is -4.85. The van der Waals surface area contributed by atoms with E-state index in [0.717, 1.165) is 0 Å². The number of carbonyl (C=O) groups is 1. The molecular weight excluding hydrogens is 452 g/mol. The van der Waals surface area contributed by atoms with Crippen LogP contribution in [0.25, 0.3) is 16.5 Å². The van der Waals surface area contributed by atoms with E-state index >= 15 is 0 Å². The predicted octanol–water partition coefficient (Wildman–Crippen LogP) is 4.72. The minimum Gasteiger partial charge on any atom is -0.363 e. The number of fused-ring (bicyclic) bond motifs is 1. The molecule has 2 N–H and O–H groups in total. The zero-order chi connectivity index (χ0) is 24.6. The zero-order valence-electron chi connectivity index (χ0n) is 18.0. The number of nitrogens with zero attached hydrogens (tertiary/aromatic N) is 4. The van der Waals surface area contributed by atoms with Crippen LogP contribution in [0.2, 0.25) is 0 Å². The highest BCUT2D eigenvalue weighted by Gasteiger charge is 2.36. The molecule has 0 radical (unpaired) electrons. The van der Waals surface area contributed by atoms with Crippen LogP contribution in [0, 0.1) is 11.2 Å². The van der Waals surface area contributed by atoms with Gasteiger partial charge in [0.2, 0.25) is 0 Å². The van der Waals surface area contributed by atoms with E-state index in [-0.39, 0.29) is 17.3 Å². The molecule has 2 aromatic heterocycles. The third-order valence-corrected chi connectivity index (χ3v) is 5.00. The smallest absolute Gasteiger partial charge is 0.363 e. The van der Waals surface area contributed by atoms with Gasteiger partial charge >= 0.3 is 6.18 Å². The maximum absolute atomic E-state index is 14.9. The molecule has 0 aliphatic heterocycles. The number of aromatic nitrogens is 3. The maximum atomic E-state index is 14.9. The summed E-state index contributed by atoms with van der Waals surface area (Å²) in [4.78, 5) is 18.5. The number of hydrogen-bond donors (Lipinski definition) is 2. The molecule has 0 bridgehead atoms. The van der Waals surface area contributed by atoms with Crippen molar-refractivity contribution in [1.82, 2.24) is 19.7 Å². The second-order valence-electron chi connectivity index (χ2n) is 7.60. The van der Waals surface area contributed by atoms with Crippen molar-refractivity contribution in [2.24, 2.45) is 0 Å². The van der Waals surface area contributed by atoms with Crippen molar-refractivity contribution in [3.63, 3.8) is 0 Å². The fraction of sp³-hybridized carbons (Fsp3) is 0.130. The summed E-state index contributed by atoms with van der Waals surface area (Å²) in [5, 5.41) is 14.9. The van der Waals surface area contributed by atoms with Gasteiger partial charge in [0.1, 0.15) is 28.9 Å². The van der Waals surface area contributed by atoms with Crippen LogP contribution in [-0.4, -0.2) is 45.5 Å². The summed E-state index contributed by atoms with van der Waals surface area (Å²) in [6.07, 6.45) is -3.50. The number of carbonyl (C=O) groups excluding carboxylic acids is 1. The zero-order valence-corrected chi connectivity index (χ0v) is 18.0. The molecule has 34 heavy (non-hydrogen) atoms. The van der Waals surface area contributed by atoms with Gasteiger partial charge in [-0.2, -0.15) is 18.3 Å². The second kappa shape index (κ2) is 8.58. The van der Waals surface area contributed by atoms with Crippen molar-refractivity contribution < 1.29 is 22.4 Å². The molecule has 4 rings (SSSR count). The molecule has 0 atom stereocenters. The molecule has 0 saturated carbocycles. The van der Waals surface area contributed by atoms with Crippen molar-refractivity contribution in [3.8, 4) is 5.69 Å². The molecule has 0 spiro atoms. The van der Waals surface area contributed by atoms with Crippen LogP contribution in [0.4, 0.5) is 23.4 Å². The molecule has 11 heteroatoms. The van der Waals surface area contributed by atoms with E-state index in [1.165, 1.54) is 30.5 Å². The molecular formula is C23H18F4N6O. The van der Waals surface area contributed by atoms with Crippen LogP contribution in [0.5, 0.6) is 0 Å². The van der Waals surface area contributed by atoms with Gasteiger partial charge in [0.15, 0.2) is 5.69 Å². The molecule has 0 aliphatic carbocycles. The van der Waals surface area contributed by atoms with E-state index in [2.05, 4.69) is 15.4 Å². The lowest BCUT2D eigenvalue weighted by Crippen LogP contribution is -2.22. The van der Waals surface area contributed by atoms with E-state index in [1.807, 2.05) is 0 Å². The Morgan fingerprint density at radius 1 is 1.06 bits per heavy atom. The van der Waals surface area contributed by atoms with Gasteiger partial charge in [-0.25, -0.2) is 14.1 Å². The third kappa shape index (κ3) is 4.45. The molecule has 1 amide bonds. The van der Waals surface area contributed by atoms with Crippen molar-refractivity contribution in [1.29, 1.82) is 5.41 Å². The number of nitrogens with one attached hydrogen (secondary N) is 2. The topological polar surface area (TPSA) is 86.9 Å². The minimum absolute atomic E-state index is 0.0422. The first kappa shape index (κ1) is 22.9. The van der Waals surface area contributed by atoms with E-state index in [9.17, 15) is 22.4 Å². The molecule has 4 aromatic rings. The number of amides is 1. The lowest BCUT2D eigenvalue weighted by molar-refractivity contribution is -0.141. The quantitative estimate of drug-likeness (QED) is 0.257. The highest BCUT2D eigenvalue weighted by molar-refractivity contribution is 6.03. The summed E-state index contributed by atoms with van der Waals surface area (Å²) >= 11 is 0. The van der Waals surface area contributed by atoms with E-state index in [0.29, 0.717) is 27.1 Å². The highest BCUT2D eigenvalue weighted by atomic mass is 19.4. The van der Waals surface area contributed by atoms with Crippen LogP contribution in [0.15, 0.2) is 60.8 Å². The Kier molecular flexibility index (Phi) is 5.78. The maximum Gasteiger partial charge on any atom is 0.435 e. The van der Waals surface area contributed by atoms with Gasteiger partial charge in [-0.1, -0.05) is 24.3 Å². The molecule has 174 valence electrons. The number of pyridine rings is 1. The molecule has 0 saturated heterocycles. The number of anilines is 1. The van der Waals surface area contributed by atoms with Gasteiger partial charge in [0.05, 0.1) is 0 Å². The lowest BCUT2D eigenvalue weighted by atomic mass is 10.1. The van der Waals surface area contributed by atoms with E-state index in [1.54, 1.807) is 43.3 Å². The van der Waals surface area contributed by atoms with Gasteiger partial charge in [0.25, 0.3) is 5.91 Å². The Labute approximate surface area is 191 Å². The Morgan fingerprint density at radius 2 is 1.74 bits per heavy atom. The van der Waals surface area contributed by atoms with Crippen LogP contribution in [-0.2, 0) is 6.18 Å². The predicted molar refractivity (Wildman–Crippen MR) is 119 cm³/mol. The number of amidine groups is 1.